The summed E-state index contributed by atoms with van der Waals surface area (Å²) < 4.78 is 5.17. The van der Waals surface area contributed by atoms with E-state index in [-0.39, 0.29) is 17.9 Å². The van der Waals surface area contributed by atoms with Crippen LogP contribution in [0.3, 0.4) is 0 Å². The van der Waals surface area contributed by atoms with Gasteiger partial charge in [-0.15, -0.1) is 0 Å². The van der Waals surface area contributed by atoms with Crippen LogP contribution in [0.15, 0.2) is 59.2 Å². The molecule has 1 unspecified atom stereocenters. The Bertz CT molecular complexity index is 837. The summed E-state index contributed by atoms with van der Waals surface area (Å²) in [4.78, 5) is 12.3. The van der Waals surface area contributed by atoms with Crippen LogP contribution >= 0.6 is 0 Å². The summed E-state index contributed by atoms with van der Waals surface area (Å²) in [6.07, 6.45) is 1.46. The first-order valence-corrected chi connectivity index (χ1v) is 7.24. The number of fused-ring (bicyclic) bond motifs is 1. The fraction of sp³-hybridized carbons (Fsp3) is 0.167. The van der Waals surface area contributed by atoms with E-state index in [1.165, 1.54) is 6.26 Å². The Morgan fingerprint density at radius 1 is 1.17 bits per heavy atom. The Morgan fingerprint density at radius 3 is 2.70 bits per heavy atom. The third-order valence-corrected chi connectivity index (χ3v) is 3.79. The summed E-state index contributed by atoms with van der Waals surface area (Å²) in [5.74, 6) is -0.168. The van der Waals surface area contributed by atoms with Crippen molar-refractivity contribution in [3.63, 3.8) is 0 Å². The average molecular weight is 311 g/mol. The molecule has 0 aliphatic carbocycles. The van der Waals surface area contributed by atoms with E-state index in [2.05, 4.69) is 5.32 Å². The third kappa shape index (κ3) is 2.91. The van der Waals surface area contributed by atoms with Gasteiger partial charge in [0.2, 0.25) is 0 Å². The van der Waals surface area contributed by atoms with Gasteiger partial charge in [0.15, 0.2) is 0 Å². The minimum absolute atomic E-state index is 0.0361. The molecule has 1 atom stereocenters. The van der Waals surface area contributed by atoms with Crippen LogP contribution in [-0.4, -0.2) is 22.7 Å². The molecule has 0 bridgehead atoms. The molecule has 2 aromatic carbocycles. The first kappa shape index (κ1) is 15.1. The van der Waals surface area contributed by atoms with Crippen molar-refractivity contribution in [3.8, 4) is 5.75 Å². The number of phenols is 1. The molecule has 3 N–H and O–H groups in total. The fourth-order valence-electron chi connectivity index (χ4n) is 2.46. The molecular weight excluding hydrogens is 294 g/mol. The molecule has 0 aliphatic heterocycles. The van der Waals surface area contributed by atoms with Gasteiger partial charge in [0.1, 0.15) is 17.1 Å². The molecule has 0 radical (unpaired) electrons. The molecule has 0 fully saturated rings. The quantitative estimate of drug-likeness (QED) is 0.692. The maximum Gasteiger partial charge on any atom is 0.255 e. The molecular formula is C18H17NO4. The van der Waals surface area contributed by atoms with Gasteiger partial charge < -0.3 is 19.9 Å². The van der Waals surface area contributed by atoms with Crippen LogP contribution in [0.2, 0.25) is 0 Å². The highest BCUT2D eigenvalue weighted by atomic mass is 16.4. The number of aromatic hydroxyl groups is 1. The minimum atomic E-state index is -1.33. The predicted octanol–water partition coefficient (Wildman–Crippen LogP) is 2.78. The highest BCUT2D eigenvalue weighted by molar-refractivity contribution is 6.03. The summed E-state index contributed by atoms with van der Waals surface area (Å²) in [6.45, 7) is 1.51. The number of carbonyl (C=O) groups excluding carboxylic acids is 1. The van der Waals surface area contributed by atoms with Crippen LogP contribution in [0.5, 0.6) is 5.75 Å². The van der Waals surface area contributed by atoms with Crippen molar-refractivity contribution in [2.75, 3.05) is 6.54 Å². The number of amides is 1. The lowest BCUT2D eigenvalue weighted by Crippen LogP contribution is -2.38. The number of rotatable bonds is 4. The summed E-state index contributed by atoms with van der Waals surface area (Å²) in [6, 6.07) is 13.9. The second-order valence-corrected chi connectivity index (χ2v) is 5.62. The van der Waals surface area contributed by atoms with Gasteiger partial charge in [-0.1, -0.05) is 30.3 Å². The highest BCUT2D eigenvalue weighted by Crippen LogP contribution is 2.28. The fourth-order valence-corrected chi connectivity index (χ4v) is 2.46. The van der Waals surface area contributed by atoms with Crippen molar-refractivity contribution >= 4 is 16.7 Å². The SMILES string of the molecule is CC(O)(CNC(=O)c1ccc2ccccc2c1O)c1ccco1. The number of furan rings is 1. The Morgan fingerprint density at radius 2 is 1.96 bits per heavy atom. The van der Waals surface area contributed by atoms with E-state index in [0.29, 0.717) is 11.1 Å². The van der Waals surface area contributed by atoms with Gasteiger partial charge in [-0.3, -0.25) is 4.79 Å². The standard InChI is InChI=1S/C18H17NO4/c1-18(22,15-7-4-10-23-15)11-19-17(21)14-9-8-12-5-2-3-6-13(12)16(14)20/h2-10,20,22H,11H2,1H3,(H,19,21). The molecule has 0 aliphatic rings. The number of phenolic OH excluding ortho intramolecular Hbond substituents is 1. The lowest BCUT2D eigenvalue weighted by molar-refractivity contribution is 0.0330. The molecule has 1 amide bonds. The van der Waals surface area contributed by atoms with E-state index in [9.17, 15) is 15.0 Å². The van der Waals surface area contributed by atoms with Crippen LogP contribution < -0.4 is 5.32 Å². The van der Waals surface area contributed by atoms with E-state index in [1.54, 1.807) is 43.3 Å². The number of benzene rings is 2. The maximum absolute atomic E-state index is 12.3. The molecule has 0 saturated carbocycles. The van der Waals surface area contributed by atoms with Gasteiger partial charge in [0.05, 0.1) is 18.4 Å². The van der Waals surface area contributed by atoms with Gasteiger partial charge in [-0.05, 0) is 30.5 Å². The lowest BCUT2D eigenvalue weighted by atomic mass is 10.0. The zero-order valence-electron chi connectivity index (χ0n) is 12.6. The Hall–Kier alpha value is -2.79. The van der Waals surface area contributed by atoms with E-state index in [1.807, 2.05) is 12.1 Å². The molecule has 1 aromatic heterocycles. The monoisotopic (exact) mass is 311 g/mol. The Kier molecular flexibility index (Phi) is 3.80. The van der Waals surface area contributed by atoms with Crippen LogP contribution in [-0.2, 0) is 5.60 Å². The van der Waals surface area contributed by atoms with Gasteiger partial charge in [-0.25, -0.2) is 0 Å². The van der Waals surface area contributed by atoms with E-state index >= 15 is 0 Å². The molecule has 23 heavy (non-hydrogen) atoms. The second-order valence-electron chi connectivity index (χ2n) is 5.62. The smallest absolute Gasteiger partial charge is 0.255 e. The number of aliphatic hydroxyl groups is 1. The van der Waals surface area contributed by atoms with Crippen molar-refractivity contribution < 1.29 is 19.4 Å². The van der Waals surface area contributed by atoms with Crippen LogP contribution in [0.25, 0.3) is 10.8 Å². The number of carbonyl (C=O) groups is 1. The Balaban J connectivity index is 1.80. The minimum Gasteiger partial charge on any atom is -0.506 e. The second kappa shape index (κ2) is 5.78. The summed E-state index contributed by atoms with van der Waals surface area (Å²) >= 11 is 0. The van der Waals surface area contributed by atoms with Crippen molar-refractivity contribution in [1.82, 2.24) is 5.32 Å². The summed E-state index contributed by atoms with van der Waals surface area (Å²) in [7, 11) is 0. The molecule has 0 saturated heterocycles. The van der Waals surface area contributed by atoms with E-state index < -0.39 is 11.5 Å². The van der Waals surface area contributed by atoms with Crippen molar-refractivity contribution in [2.45, 2.75) is 12.5 Å². The molecule has 5 heteroatoms. The molecule has 118 valence electrons. The van der Waals surface area contributed by atoms with Crippen molar-refractivity contribution in [2.24, 2.45) is 0 Å². The zero-order chi connectivity index (χ0) is 16.4. The number of hydrogen-bond donors (Lipinski definition) is 3. The maximum atomic E-state index is 12.3. The van der Waals surface area contributed by atoms with E-state index in [4.69, 9.17) is 4.42 Å². The number of hydrogen-bond acceptors (Lipinski definition) is 4. The first-order chi connectivity index (χ1) is 11.0. The number of nitrogens with one attached hydrogen (secondary N) is 1. The molecule has 1 heterocycles. The normalized spacial score (nSPS) is 13.7. The van der Waals surface area contributed by atoms with Crippen LogP contribution in [0, 0.1) is 0 Å². The summed E-state index contributed by atoms with van der Waals surface area (Å²) in [5, 5.41) is 24.7. The molecule has 3 rings (SSSR count). The highest BCUT2D eigenvalue weighted by Gasteiger charge is 2.27. The zero-order valence-corrected chi connectivity index (χ0v) is 12.6. The molecule has 0 spiro atoms. The third-order valence-electron chi connectivity index (χ3n) is 3.79. The van der Waals surface area contributed by atoms with Gasteiger partial charge in [0, 0.05) is 5.39 Å². The largest absolute Gasteiger partial charge is 0.506 e. The Labute approximate surface area is 133 Å². The predicted molar refractivity (Wildman–Crippen MR) is 86.2 cm³/mol. The van der Waals surface area contributed by atoms with Gasteiger partial charge in [0.25, 0.3) is 5.91 Å². The van der Waals surface area contributed by atoms with Crippen molar-refractivity contribution in [1.29, 1.82) is 0 Å². The van der Waals surface area contributed by atoms with Crippen LogP contribution in [0.4, 0.5) is 0 Å². The van der Waals surface area contributed by atoms with Gasteiger partial charge >= 0.3 is 0 Å². The lowest BCUT2D eigenvalue weighted by Gasteiger charge is -2.21. The summed E-state index contributed by atoms with van der Waals surface area (Å²) in [5.41, 5.74) is -1.16. The topological polar surface area (TPSA) is 82.7 Å². The molecule has 5 nitrogen and oxygen atoms in total. The average Bonchev–Trinajstić information content (AvgIpc) is 3.09. The van der Waals surface area contributed by atoms with Crippen molar-refractivity contribution in [3.05, 3.63) is 66.1 Å². The van der Waals surface area contributed by atoms with E-state index in [0.717, 1.165) is 5.39 Å². The first-order valence-electron chi connectivity index (χ1n) is 7.24. The van der Waals surface area contributed by atoms with Crippen LogP contribution in [0.1, 0.15) is 23.0 Å². The van der Waals surface area contributed by atoms with Gasteiger partial charge in [-0.2, -0.15) is 0 Å². The molecule has 3 aromatic rings.